The Hall–Kier alpha value is -2.75. The first-order valence-corrected chi connectivity index (χ1v) is 5.98. The van der Waals surface area contributed by atoms with Crippen LogP contribution in [-0.4, -0.2) is 23.3 Å². The maximum Gasteiger partial charge on any atom is 0.336 e. The monoisotopic (exact) mass is 270 g/mol. The topological polar surface area (TPSA) is 66.8 Å². The number of phenolic OH excluding ortho intramolecular Hbond substituents is 1. The summed E-state index contributed by atoms with van der Waals surface area (Å²) in [7, 11) is 1.48. The van der Waals surface area contributed by atoms with E-state index in [1.165, 1.54) is 25.3 Å². The van der Waals surface area contributed by atoms with Gasteiger partial charge in [0, 0.05) is 6.07 Å². The lowest BCUT2D eigenvalue weighted by atomic mass is 10.0. The van der Waals surface area contributed by atoms with E-state index >= 15 is 0 Å². The molecule has 2 aromatic carbocycles. The highest BCUT2D eigenvalue weighted by Crippen LogP contribution is 2.25. The Morgan fingerprint density at radius 3 is 2.45 bits per heavy atom. The molecule has 0 spiro atoms. The number of benzene rings is 2. The molecule has 0 aromatic heterocycles. The number of carboxylic acid groups (broad SMARTS) is 1. The van der Waals surface area contributed by atoms with E-state index in [0.29, 0.717) is 16.9 Å². The quantitative estimate of drug-likeness (QED) is 0.662. The molecule has 2 aromatic rings. The zero-order valence-corrected chi connectivity index (χ0v) is 10.9. The SMILES string of the molecule is COc1cc(O)cc(/C=C(\C(=O)O)c2ccccc2)c1. The number of aliphatic carboxylic acids is 1. The molecule has 0 amide bonds. The fourth-order valence-electron chi connectivity index (χ4n) is 1.86. The van der Waals surface area contributed by atoms with Gasteiger partial charge in [-0.15, -0.1) is 0 Å². The van der Waals surface area contributed by atoms with Crippen molar-refractivity contribution >= 4 is 17.6 Å². The molecule has 0 unspecified atom stereocenters. The smallest absolute Gasteiger partial charge is 0.336 e. The van der Waals surface area contributed by atoms with Crippen LogP contribution < -0.4 is 4.74 Å². The van der Waals surface area contributed by atoms with Gasteiger partial charge in [0.15, 0.2) is 0 Å². The highest BCUT2D eigenvalue weighted by molar-refractivity contribution is 6.20. The van der Waals surface area contributed by atoms with E-state index < -0.39 is 5.97 Å². The molecule has 0 bridgehead atoms. The lowest BCUT2D eigenvalue weighted by molar-refractivity contribution is -0.130. The van der Waals surface area contributed by atoms with Gasteiger partial charge in [-0.2, -0.15) is 0 Å². The number of methoxy groups -OCH3 is 1. The average molecular weight is 270 g/mol. The first kappa shape index (κ1) is 13.7. The van der Waals surface area contributed by atoms with Crippen molar-refractivity contribution in [2.75, 3.05) is 7.11 Å². The van der Waals surface area contributed by atoms with Crippen molar-refractivity contribution in [1.29, 1.82) is 0 Å². The second kappa shape index (κ2) is 5.93. The Bertz CT molecular complexity index is 645. The van der Waals surface area contributed by atoms with Gasteiger partial charge in [0.05, 0.1) is 12.7 Å². The molecule has 2 N–H and O–H groups in total. The van der Waals surface area contributed by atoms with E-state index in [9.17, 15) is 15.0 Å². The minimum Gasteiger partial charge on any atom is -0.508 e. The molecule has 0 aliphatic heterocycles. The molecule has 20 heavy (non-hydrogen) atoms. The lowest BCUT2D eigenvalue weighted by Gasteiger charge is -2.05. The van der Waals surface area contributed by atoms with E-state index in [2.05, 4.69) is 0 Å². The molecule has 102 valence electrons. The van der Waals surface area contributed by atoms with Gasteiger partial charge in [-0.05, 0) is 29.3 Å². The van der Waals surface area contributed by atoms with E-state index in [1.54, 1.807) is 30.3 Å². The summed E-state index contributed by atoms with van der Waals surface area (Å²) in [4.78, 5) is 11.4. The van der Waals surface area contributed by atoms with Crippen LogP contribution in [0.5, 0.6) is 11.5 Å². The number of rotatable bonds is 4. The van der Waals surface area contributed by atoms with Crippen LogP contribution in [-0.2, 0) is 4.79 Å². The number of hydrogen-bond acceptors (Lipinski definition) is 3. The zero-order chi connectivity index (χ0) is 14.5. The van der Waals surface area contributed by atoms with Crippen molar-refractivity contribution < 1.29 is 19.7 Å². The molecule has 0 aliphatic carbocycles. The van der Waals surface area contributed by atoms with Gasteiger partial charge in [0.1, 0.15) is 11.5 Å². The molecule has 4 heteroatoms. The van der Waals surface area contributed by atoms with E-state index in [-0.39, 0.29) is 11.3 Å². The molecule has 2 rings (SSSR count). The van der Waals surface area contributed by atoms with Crippen LogP contribution in [0.15, 0.2) is 48.5 Å². The van der Waals surface area contributed by atoms with E-state index in [0.717, 1.165) is 0 Å². The molecule has 0 heterocycles. The van der Waals surface area contributed by atoms with Crippen LogP contribution in [0.4, 0.5) is 0 Å². The summed E-state index contributed by atoms with van der Waals surface area (Å²) in [5.74, 6) is -0.541. The Morgan fingerprint density at radius 2 is 1.85 bits per heavy atom. The molecule has 0 fully saturated rings. The van der Waals surface area contributed by atoms with Gasteiger partial charge >= 0.3 is 5.97 Å². The van der Waals surface area contributed by atoms with E-state index in [1.807, 2.05) is 6.07 Å². The number of carboxylic acids is 1. The molecular weight excluding hydrogens is 256 g/mol. The molecule has 0 saturated heterocycles. The third kappa shape index (κ3) is 3.17. The summed E-state index contributed by atoms with van der Waals surface area (Å²) in [5.41, 5.74) is 1.31. The maximum atomic E-state index is 11.4. The van der Waals surface area contributed by atoms with Gasteiger partial charge in [-0.1, -0.05) is 30.3 Å². The Labute approximate surface area is 116 Å². The zero-order valence-electron chi connectivity index (χ0n) is 10.9. The highest BCUT2D eigenvalue weighted by Gasteiger charge is 2.10. The third-order valence-corrected chi connectivity index (χ3v) is 2.78. The van der Waals surface area contributed by atoms with Gasteiger partial charge in [-0.3, -0.25) is 0 Å². The van der Waals surface area contributed by atoms with Crippen LogP contribution in [0.25, 0.3) is 11.6 Å². The van der Waals surface area contributed by atoms with Crippen LogP contribution in [0, 0.1) is 0 Å². The standard InChI is InChI=1S/C16H14O4/c1-20-14-8-11(7-13(17)10-14)9-15(16(18)19)12-5-3-2-4-6-12/h2-10,17H,1H3,(H,18,19)/b15-9-. The van der Waals surface area contributed by atoms with Crippen molar-refractivity contribution in [3.05, 3.63) is 59.7 Å². The van der Waals surface area contributed by atoms with Crippen molar-refractivity contribution in [2.24, 2.45) is 0 Å². The van der Waals surface area contributed by atoms with Crippen molar-refractivity contribution in [3.63, 3.8) is 0 Å². The Morgan fingerprint density at radius 1 is 1.15 bits per heavy atom. The maximum absolute atomic E-state index is 11.4. The summed E-state index contributed by atoms with van der Waals surface area (Å²) in [6, 6.07) is 13.4. The van der Waals surface area contributed by atoms with Crippen LogP contribution >= 0.6 is 0 Å². The Kier molecular flexibility index (Phi) is 4.05. The minimum absolute atomic E-state index is 0.0217. The number of aromatic hydroxyl groups is 1. The summed E-state index contributed by atoms with van der Waals surface area (Å²) in [6.45, 7) is 0. The normalized spacial score (nSPS) is 11.2. The number of ether oxygens (including phenoxy) is 1. The second-order valence-corrected chi connectivity index (χ2v) is 4.19. The van der Waals surface area contributed by atoms with Gasteiger partial charge in [0.2, 0.25) is 0 Å². The first-order valence-electron chi connectivity index (χ1n) is 5.98. The van der Waals surface area contributed by atoms with E-state index in [4.69, 9.17) is 4.74 Å². The van der Waals surface area contributed by atoms with Crippen molar-refractivity contribution in [3.8, 4) is 11.5 Å². The molecule has 4 nitrogen and oxygen atoms in total. The molecule has 0 atom stereocenters. The predicted molar refractivity (Wildman–Crippen MR) is 76.6 cm³/mol. The lowest BCUT2D eigenvalue weighted by Crippen LogP contribution is -1.99. The summed E-state index contributed by atoms with van der Waals surface area (Å²) < 4.78 is 5.05. The van der Waals surface area contributed by atoms with Gasteiger partial charge < -0.3 is 14.9 Å². The summed E-state index contributed by atoms with van der Waals surface area (Å²) in [6.07, 6.45) is 1.50. The summed E-state index contributed by atoms with van der Waals surface area (Å²) >= 11 is 0. The van der Waals surface area contributed by atoms with Crippen LogP contribution in [0.2, 0.25) is 0 Å². The molecule has 0 aliphatic rings. The third-order valence-electron chi connectivity index (χ3n) is 2.78. The minimum atomic E-state index is -1.03. The average Bonchev–Trinajstić information content (AvgIpc) is 2.44. The predicted octanol–water partition coefficient (Wildman–Crippen LogP) is 3.03. The molecule has 0 radical (unpaired) electrons. The Balaban J connectivity index is 2.50. The van der Waals surface area contributed by atoms with Crippen LogP contribution in [0.3, 0.4) is 0 Å². The number of hydrogen-bond donors (Lipinski definition) is 2. The second-order valence-electron chi connectivity index (χ2n) is 4.19. The number of carbonyl (C=O) groups is 1. The van der Waals surface area contributed by atoms with Crippen LogP contribution in [0.1, 0.15) is 11.1 Å². The highest BCUT2D eigenvalue weighted by atomic mass is 16.5. The molecular formula is C16H14O4. The first-order chi connectivity index (χ1) is 9.60. The van der Waals surface area contributed by atoms with Crippen molar-refractivity contribution in [2.45, 2.75) is 0 Å². The van der Waals surface area contributed by atoms with Gasteiger partial charge in [0.25, 0.3) is 0 Å². The van der Waals surface area contributed by atoms with Gasteiger partial charge in [-0.25, -0.2) is 4.79 Å². The molecule has 0 saturated carbocycles. The fraction of sp³-hybridized carbons (Fsp3) is 0.0625. The largest absolute Gasteiger partial charge is 0.508 e. The fourth-order valence-corrected chi connectivity index (χ4v) is 1.86. The summed E-state index contributed by atoms with van der Waals surface area (Å²) in [5, 5.41) is 18.9. The van der Waals surface area contributed by atoms with Crippen molar-refractivity contribution in [1.82, 2.24) is 0 Å². The number of phenols is 1.